The van der Waals surface area contributed by atoms with Gasteiger partial charge in [0, 0.05) is 22.2 Å². The van der Waals surface area contributed by atoms with Gasteiger partial charge in [-0.25, -0.2) is 0 Å². The molecule has 4 nitrogen and oxygen atoms in total. The van der Waals surface area contributed by atoms with Crippen molar-refractivity contribution in [3.05, 3.63) is 82.2 Å². The van der Waals surface area contributed by atoms with E-state index in [1.807, 2.05) is 66.4 Å². The molecule has 7 heteroatoms. The Morgan fingerprint density at radius 2 is 1.79 bits per heavy atom. The number of rotatable bonds is 7. The van der Waals surface area contributed by atoms with Crippen molar-refractivity contribution in [1.82, 2.24) is 4.90 Å². The fraction of sp³-hybridized carbons (Fsp3) is 0.190. The molecule has 0 aliphatic heterocycles. The maximum Gasteiger partial charge on any atom is 0.174 e. The minimum absolute atomic E-state index is 0.432. The number of hydrogen-bond donors (Lipinski definition) is 1. The lowest BCUT2D eigenvalue weighted by atomic mass is 10.2. The van der Waals surface area contributed by atoms with Crippen LogP contribution in [-0.4, -0.2) is 16.6 Å². The Morgan fingerprint density at radius 3 is 2.46 bits per heavy atom. The summed E-state index contributed by atoms with van der Waals surface area (Å²) < 4.78 is 11.2. The summed E-state index contributed by atoms with van der Waals surface area (Å²) >= 11 is 18.4. The van der Waals surface area contributed by atoms with Crippen LogP contribution < -0.4 is 10.1 Å². The van der Waals surface area contributed by atoms with Crippen LogP contribution in [0.3, 0.4) is 0 Å². The molecule has 0 aliphatic carbocycles. The fourth-order valence-electron chi connectivity index (χ4n) is 2.71. The fourth-order valence-corrected chi connectivity index (χ4v) is 3.47. The quantitative estimate of drug-likeness (QED) is 0.436. The molecule has 0 saturated carbocycles. The molecule has 1 heterocycles. The van der Waals surface area contributed by atoms with Gasteiger partial charge in [-0.2, -0.15) is 0 Å². The maximum atomic E-state index is 6.37. The second kappa shape index (κ2) is 9.82. The van der Waals surface area contributed by atoms with Crippen molar-refractivity contribution in [2.45, 2.75) is 20.0 Å². The monoisotopic (exact) mass is 434 g/mol. The minimum atomic E-state index is 0.432. The van der Waals surface area contributed by atoms with E-state index >= 15 is 0 Å². The van der Waals surface area contributed by atoms with Crippen molar-refractivity contribution in [3.63, 3.8) is 0 Å². The second-order valence-electron chi connectivity index (χ2n) is 5.99. The summed E-state index contributed by atoms with van der Waals surface area (Å²) in [5.74, 6) is 1.52. The topological polar surface area (TPSA) is 37.6 Å². The molecular formula is C21H20Cl2N2O2S. The van der Waals surface area contributed by atoms with Gasteiger partial charge in [0.15, 0.2) is 5.11 Å². The molecule has 0 saturated heterocycles. The number of nitrogens with one attached hydrogen (secondary N) is 1. The predicted molar refractivity (Wildman–Crippen MR) is 118 cm³/mol. The van der Waals surface area contributed by atoms with Crippen LogP contribution in [0.15, 0.2) is 65.3 Å². The molecule has 146 valence electrons. The van der Waals surface area contributed by atoms with Gasteiger partial charge in [0.1, 0.15) is 11.5 Å². The van der Waals surface area contributed by atoms with Crippen molar-refractivity contribution in [3.8, 4) is 5.75 Å². The number of ether oxygens (including phenoxy) is 1. The van der Waals surface area contributed by atoms with Crippen molar-refractivity contribution < 1.29 is 9.15 Å². The first-order valence-corrected chi connectivity index (χ1v) is 9.98. The number of hydrogen-bond acceptors (Lipinski definition) is 3. The van der Waals surface area contributed by atoms with Gasteiger partial charge >= 0.3 is 0 Å². The molecule has 0 radical (unpaired) electrons. The van der Waals surface area contributed by atoms with E-state index < -0.39 is 0 Å². The molecule has 0 amide bonds. The molecule has 2 aromatic carbocycles. The van der Waals surface area contributed by atoms with Gasteiger partial charge in [0.2, 0.25) is 0 Å². The van der Waals surface area contributed by atoms with Gasteiger partial charge < -0.3 is 19.4 Å². The van der Waals surface area contributed by atoms with Crippen LogP contribution in [0.1, 0.15) is 18.2 Å². The van der Waals surface area contributed by atoms with Crippen LogP contribution in [0.4, 0.5) is 5.69 Å². The van der Waals surface area contributed by atoms with Crippen LogP contribution in [0.5, 0.6) is 5.75 Å². The molecule has 0 bridgehead atoms. The van der Waals surface area contributed by atoms with Crippen LogP contribution in [0, 0.1) is 0 Å². The average molecular weight is 435 g/mol. The molecule has 0 unspecified atom stereocenters. The molecule has 0 spiro atoms. The normalized spacial score (nSPS) is 10.5. The van der Waals surface area contributed by atoms with E-state index in [4.69, 9.17) is 44.6 Å². The highest BCUT2D eigenvalue weighted by Gasteiger charge is 2.17. The van der Waals surface area contributed by atoms with E-state index in [1.165, 1.54) is 0 Å². The zero-order valence-electron chi connectivity index (χ0n) is 15.3. The zero-order chi connectivity index (χ0) is 19.9. The number of nitrogens with zero attached hydrogens (tertiary/aromatic N) is 1. The van der Waals surface area contributed by atoms with Gasteiger partial charge in [-0.05, 0) is 55.5 Å². The van der Waals surface area contributed by atoms with Crippen molar-refractivity contribution in [2.24, 2.45) is 0 Å². The van der Waals surface area contributed by atoms with Crippen molar-refractivity contribution in [1.29, 1.82) is 0 Å². The Bertz CT molecular complexity index is 912. The maximum absolute atomic E-state index is 6.37. The van der Waals surface area contributed by atoms with Crippen LogP contribution in [-0.2, 0) is 13.1 Å². The molecular weight excluding hydrogens is 415 g/mol. The smallest absolute Gasteiger partial charge is 0.174 e. The standard InChI is InChI=1S/C21H20Cl2N2O2S/c1-2-26-20-11-4-3-10-19(20)24-21(28)25(13-15-7-6-12-27-15)14-16-17(22)8-5-9-18(16)23/h3-12H,2,13-14H2,1H3,(H,24,28). The Labute approximate surface area is 180 Å². The molecule has 28 heavy (non-hydrogen) atoms. The molecule has 3 aromatic rings. The van der Waals surface area contributed by atoms with E-state index in [1.54, 1.807) is 6.26 Å². The highest BCUT2D eigenvalue weighted by Crippen LogP contribution is 2.28. The lowest BCUT2D eigenvalue weighted by molar-refractivity contribution is 0.341. The lowest BCUT2D eigenvalue weighted by Crippen LogP contribution is -2.34. The average Bonchev–Trinajstić information content (AvgIpc) is 3.19. The first-order valence-electron chi connectivity index (χ1n) is 8.81. The molecule has 0 atom stereocenters. The van der Waals surface area contributed by atoms with E-state index in [0.717, 1.165) is 22.8 Å². The summed E-state index contributed by atoms with van der Waals surface area (Å²) in [5, 5.41) is 4.97. The summed E-state index contributed by atoms with van der Waals surface area (Å²) in [6, 6.07) is 16.9. The zero-order valence-corrected chi connectivity index (χ0v) is 17.7. The molecule has 0 aliphatic rings. The predicted octanol–water partition coefficient (Wildman–Crippen LogP) is 6.38. The SMILES string of the molecule is CCOc1ccccc1NC(=S)N(Cc1ccco1)Cc1c(Cl)cccc1Cl. The van der Waals surface area contributed by atoms with Gasteiger partial charge in [-0.3, -0.25) is 0 Å². The molecule has 3 rings (SSSR count). The van der Waals surface area contributed by atoms with E-state index in [-0.39, 0.29) is 0 Å². The summed E-state index contributed by atoms with van der Waals surface area (Å²) in [4.78, 5) is 1.95. The molecule has 0 fully saturated rings. The highest BCUT2D eigenvalue weighted by atomic mass is 35.5. The number of anilines is 1. The third kappa shape index (κ3) is 5.19. The van der Waals surface area contributed by atoms with Crippen molar-refractivity contribution >= 4 is 46.2 Å². The first kappa shape index (κ1) is 20.5. The Hall–Kier alpha value is -2.21. The Balaban J connectivity index is 1.85. The number of para-hydroxylation sites is 2. The molecule has 1 aromatic heterocycles. The van der Waals surface area contributed by atoms with Crippen molar-refractivity contribution in [2.75, 3.05) is 11.9 Å². The van der Waals surface area contributed by atoms with E-state index in [9.17, 15) is 0 Å². The summed E-state index contributed by atoms with van der Waals surface area (Å²) in [6.07, 6.45) is 1.64. The Kier molecular flexibility index (Phi) is 7.20. The van der Waals surface area contributed by atoms with E-state index in [0.29, 0.717) is 34.9 Å². The number of thiocarbonyl (C=S) groups is 1. The van der Waals surface area contributed by atoms with Gasteiger partial charge in [-0.1, -0.05) is 41.4 Å². The molecule has 1 N–H and O–H groups in total. The first-order chi connectivity index (χ1) is 13.6. The summed E-state index contributed by atoms with van der Waals surface area (Å²) in [7, 11) is 0. The summed E-state index contributed by atoms with van der Waals surface area (Å²) in [5.41, 5.74) is 1.60. The number of benzene rings is 2. The number of furan rings is 1. The lowest BCUT2D eigenvalue weighted by Gasteiger charge is -2.26. The third-order valence-electron chi connectivity index (χ3n) is 4.05. The Morgan fingerprint density at radius 1 is 1.04 bits per heavy atom. The highest BCUT2D eigenvalue weighted by molar-refractivity contribution is 7.80. The van der Waals surface area contributed by atoms with E-state index in [2.05, 4.69) is 5.32 Å². The van der Waals surface area contributed by atoms with Crippen LogP contribution in [0.25, 0.3) is 0 Å². The van der Waals surface area contributed by atoms with Crippen LogP contribution >= 0.6 is 35.4 Å². The van der Waals surface area contributed by atoms with Crippen LogP contribution in [0.2, 0.25) is 10.0 Å². The summed E-state index contributed by atoms with van der Waals surface area (Å²) in [6.45, 7) is 3.41. The number of halogens is 2. The van der Waals surface area contributed by atoms with Gasteiger partial charge in [0.25, 0.3) is 0 Å². The van der Waals surface area contributed by atoms with Gasteiger partial charge in [0.05, 0.1) is 25.1 Å². The minimum Gasteiger partial charge on any atom is -0.492 e. The third-order valence-corrected chi connectivity index (χ3v) is 5.12. The van der Waals surface area contributed by atoms with Gasteiger partial charge in [-0.15, -0.1) is 0 Å². The second-order valence-corrected chi connectivity index (χ2v) is 7.20. The largest absolute Gasteiger partial charge is 0.492 e.